The highest BCUT2D eigenvalue weighted by Gasteiger charge is 2.11. The molecule has 0 aromatic heterocycles. The van der Waals surface area contributed by atoms with Gasteiger partial charge < -0.3 is 15.2 Å². The molecule has 0 aliphatic rings. The van der Waals surface area contributed by atoms with Crippen LogP contribution in [0.3, 0.4) is 0 Å². The molecule has 0 aliphatic carbocycles. The van der Waals surface area contributed by atoms with Crippen molar-refractivity contribution in [2.75, 3.05) is 7.11 Å². The second kappa shape index (κ2) is 6.28. The average Bonchev–Trinajstić information content (AvgIpc) is 2.41. The van der Waals surface area contributed by atoms with E-state index in [1.807, 2.05) is 18.2 Å². The zero-order chi connectivity index (χ0) is 14.7. The smallest absolute Gasteiger partial charge is 0.142 e. The zero-order valence-electron chi connectivity index (χ0n) is 10.6. The van der Waals surface area contributed by atoms with Crippen LogP contribution in [0.25, 0.3) is 0 Å². The summed E-state index contributed by atoms with van der Waals surface area (Å²) < 4.78 is 12.7. The van der Waals surface area contributed by atoms with Gasteiger partial charge in [-0.1, -0.05) is 15.9 Å². The fraction of sp³-hybridized carbons (Fsp3) is 0.0714. The molecule has 0 unspecified atom stereocenters. The van der Waals surface area contributed by atoms with Gasteiger partial charge in [-0.05, 0) is 46.3 Å². The Morgan fingerprint density at radius 3 is 2.45 bits per heavy atom. The Kier molecular flexibility index (Phi) is 4.67. The quantitative estimate of drug-likeness (QED) is 0.594. The van der Waals surface area contributed by atoms with Gasteiger partial charge in [0.1, 0.15) is 23.1 Å². The van der Waals surface area contributed by atoms with Crippen LogP contribution in [0.15, 0.2) is 45.3 Å². The predicted octanol–water partition coefficient (Wildman–Crippen LogP) is 4.30. The lowest BCUT2D eigenvalue weighted by Crippen LogP contribution is -2.12. The molecule has 0 amide bonds. The molecule has 0 heterocycles. The molecule has 20 heavy (non-hydrogen) atoms. The molecular weight excluding hydrogens is 388 g/mol. The maximum Gasteiger partial charge on any atom is 0.142 e. The maximum atomic E-state index is 7.60. The van der Waals surface area contributed by atoms with E-state index < -0.39 is 0 Å². The van der Waals surface area contributed by atoms with Crippen LogP contribution >= 0.6 is 31.9 Å². The zero-order valence-corrected chi connectivity index (χ0v) is 13.8. The second-order valence-electron chi connectivity index (χ2n) is 3.95. The minimum atomic E-state index is -0.0594. The summed E-state index contributed by atoms with van der Waals surface area (Å²) in [6.07, 6.45) is 0. The molecule has 0 saturated carbocycles. The van der Waals surface area contributed by atoms with Gasteiger partial charge in [0.2, 0.25) is 0 Å². The molecule has 0 bridgehead atoms. The Labute approximate surface area is 133 Å². The normalized spacial score (nSPS) is 10.2. The highest BCUT2D eigenvalue weighted by molar-refractivity contribution is 9.11. The third kappa shape index (κ3) is 3.32. The third-order valence-electron chi connectivity index (χ3n) is 2.59. The molecule has 0 atom stereocenters. The van der Waals surface area contributed by atoms with Crippen LogP contribution in [0.5, 0.6) is 17.2 Å². The molecule has 0 saturated heterocycles. The molecule has 4 nitrogen and oxygen atoms in total. The molecular formula is C14H12Br2N2O2. The van der Waals surface area contributed by atoms with Crippen LogP contribution in [0.4, 0.5) is 0 Å². The van der Waals surface area contributed by atoms with Gasteiger partial charge in [-0.3, -0.25) is 5.41 Å². The van der Waals surface area contributed by atoms with Crippen molar-refractivity contribution in [2.45, 2.75) is 0 Å². The van der Waals surface area contributed by atoms with Crippen LogP contribution in [0, 0.1) is 5.41 Å². The number of hydrogen-bond donors (Lipinski definition) is 2. The largest absolute Gasteiger partial charge is 0.497 e. The van der Waals surface area contributed by atoms with E-state index in [2.05, 4.69) is 31.9 Å². The monoisotopic (exact) mass is 398 g/mol. The van der Waals surface area contributed by atoms with Gasteiger partial charge >= 0.3 is 0 Å². The number of hydrogen-bond acceptors (Lipinski definition) is 3. The molecule has 2 rings (SSSR count). The molecule has 104 valence electrons. The first-order valence-electron chi connectivity index (χ1n) is 5.66. The summed E-state index contributed by atoms with van der Waals surface area (Å²) in [6.45, 7) is 0. The Balaban J connectivity index is 2.43. The lowest BCUT2D eigenvalue weighted by Gasteiger charge is -2.13. The van der Waals surface area contributed by atoms with Gasteiger partial charge in [0.15, 0.2) is 0 Å². The van der Waals surface area contributed by atoms with E-state index in [-0.39, 0.29) is 5.84 Å². The molecule has 0 radical (unpaired) electrons. The predicted molar refractivity (Wildman–Crippen MR) is 85.9 cm³/mol. The summed E-state index contributed by atoms with van der Waals surface area (Å²) in [4.78, 5) is 0. The summed E-state index contributed by atoms with van der Waals surface area (Å²) in [5.41, 5.74) is 6.08. The van der Waals surface area contributed by atoms with Crippen molar-refractivity contribution in [2.24, 2.45) is 5.73 Å². The Morgan fingerprint density at radius 2 is 1.85 bits per heavy atom. The van der Waals surface area contributed by atoms with Crippen molar-refractivity contribution in [3.8, 4) is 17.2 Å². The standard InChI is InChI=1S/C14H12Br2N2O2/c1-19-9-3-4-10(14(17)18)13(7-9)20-12-5-2-8(15)6-11(12)16/h2-7H,1H3,(H3,17,18). The molecule has 0 fully saturated rings. The second-order valence-corrected chi connectivity index (χ2v) is 5.72. The molecule has 6 heteroatoms. The number of benzene rings is 2. The summed E-state index contributed by atoms with van der Waals surface area (Å²) >= 11 is 6.81. The summed E-state index contributed by atoms with van der Waals surface area (Å²) in [5, 5.41) is 7.60. The summed E-state index contributed by atoms with van der Waals surface area (Å²) in [5.74, 6) is 1.68. The Hall–Kier alpha value is -1.53. The lowest BCUT2D eigenvalue weighted by atomic mass is 10.1. The summed E-state index contributed by atoms with van der Waals surface area (Å²) in [6, 6.07) is 10.7. The van der Waals surface area contributed by atoms with E-state index in [4.69, 9.17) is 20.6 Å². The van der Waals surface area contributed by atoms with E-state index in [0.717, 1.165) is 8.95 Å². The van der Waals surface area contributed by atoms with Gasteiger partial charge in [-0.15, -0.1) is 0 Å². The van der Waals surface area contributed by atoms with Crippen LogP contribution in [0.2, 0.25) is 0 Å². The minimum Gasteiger partial charge on any atom is -0.497 e. The maximum absolute atomic E-state index is 7.60. The van der Waals surface area contributed by atoms with Gasteiger partial charge in [-0.2, -0.15) is 0 Å². The van der Waals surface area contributed by atoms with Gasteiger partial charge in [-0.25, -0.2) is 0 Å². The Bertz CT molecular complexity index is 660. The minimum absolute atomic E-state index is 0.0594. The number of rotatable bonds is 4. The molecule has 0 aliphatic heterocycles. The van der Waals surface area contributed by atoms with Crippen molar-refractivity contribution < 1.29 is 9.47 Å². The van der Waals surface area contributed by atoms with Crippen molar-refractivity contribution in [3.05, 3.63) is 50.9 Å². The molecule has 0 spiro atoms. The van der Waals surface area contributed by atoms with Gasteiger partial charge in [0.25, 0.3) is 0 Å². The highest BCUT2D eigenvalue weighted by atomic mass is 79.9. The molecule has 3 N–H and O–H groups in total. The van der Waals surface area contributed by atoms with E-state index in [1.165, 1.54) is 0 Å². The van der Waals surface area contributed by atoms with Crippen LogP contribution in [-0.4, -0.2) is 12.9 Å². The first kappa shape index (κ1) is 14.9. The number of amidine groups is 1. The first-order valence-corrected chi connectivity index (χ1v) is 7.25. The van der Waals surface area contributed by atoms with Crippen LogP contribution < -0.4 is 15.2 Å². The number of methoxy groups -OCH3 is 1. The fourth-order valence-corrected chi connectivity index (χ4v) is 2.74. The van der Waals surface area contributed by atoms with Crippen molar-refractivity contribution in [3.63, 3.8) is 0 Å². The van der Waals surface area contributed by atoms with Gasteiger partial charge in [0, 0.05) is 10.5 Å². The van der Waals surface area contributed by atoms with Gasteiger partial charge in [0.05, 0.1) is 17.1 Å². The highest BCUT2D eigenvalue weighted by Crippen LogP contribution is 2.34. The van der Waals surface area contributed by atoms with Crippen LogP contribution in [0.1, 0.15) is 5.56 Å². The molecule has 2 aromatic rings. The van der Waals surface area contributed by atoms with E-state index in [9.17, 15) is 0 Å². The van der Waals surface area contributed by atoms with E-state index in [0.29, 0.717) is 22.8 Å². The number of nitrogen functional groups attached to an aromatic ring is 1. The lowest BCUT2D eigenvalue weighted by molar-refractivity contribution is 0.408. The summed E-state index contributed by atoms with van der Waals surface area (Å²) in [7, 11) is 1.57. The number of nitrogens with two attached hydrogens (primary N) is 1. The number of nitrogens with one attached hydrogen (secondary N) is 1. The third-order valence-corrected chi connectivity index (χ3v) is 3.71. The number of ether oxygens (including phenoxy) is 2. The number of halogens is 2. The first-order chi connectivity index (χ1) is 9.51. The van der Waals surface area contributed by atoms with E-state index in [1.54, 1.807) is 25.3 Å². The van der Waals surface area contributed by atoms with Crippen molar-refractivity contribution in [1.29, 1.82) is 5.41 Å². The van der Waals surface area contributed by atoms with Crippen molar-refractivity contribution in [1.82, 2.24) is 0 Å². The van der Waals surface area contributed by atoms with Crippen LogP contribution in [-0.2, 0) is 0 Å². The SMILES string of the molecule is COc1ccc(C(=N)N)c(Oc2ccc(Br)cc2Br)c1. The Morgan fingerprint density at radius 1 is 1.10 bits per heavy atom. The van der Waals surface area contributed by atoms with Crippen molar-refractivity contribution >= 4 is 37.7 Å². The fourth-order valence-electron chi connectivity index (χ4n) is 1.61. The average molecular weight is 400 g/mol. The topological polar surface area (TPSA) is 68.3 Å². The molecule has 2 aromatic carbocycles. The van der Waals surface area contributed by atoms with E-state index >= 15 is 0 Å².